The number of rotatable bonds is 5. The highest BCUT2D eigenvalue weighted by molar-refractivity contribution is 9.10. The van der Waals surface area contributed by atoms with E-state index in [0.717, 1.165) is 10.0 Å². The predicted octanol–water partition coefficient (Wildman–Crippen LogP) is 7.32. The number of hydrogen-bond donors (Lipinski definition) is 0. The molecule has 0 radical (unpaired) electrons. The molecular weight excluding hydrogens is 509 g/mol. The molecule has 2 aromatic carbocycles. The quantitative estimate of drug-likeness (QED) is 0.372. The molecule has 1 heterocycles. The summed E-state index contributed by atoms with van der Waals surface area (Å²) in [7, 11) is -1.99. The van der Waals surface area contributed by atoms with Crippen molar-refractivity contribution in [1.82, 2.24) is 4.90 Å². The molecule has 0 aromatic heterocycles. The fraction of sp³-hybridized carbons (Fsp3) is 0.480. The van der Waals surface area contributed by atoms with E-state index in [2.05, 4.69) is 62.8 Å². The molecule has 1 amide bonds. The number of nitrogens with zero attached hydrogens (tertiary/aromatic N) is 1. The Labute approximate surface area is 205 Å². The first-order chi connectivity index (χ1) is 14.8. The van der Waals surface area contributed by atoms with E-state index in [9.17, 15) is 9.18 Å². The summed E-state index contributed by atoms with van der Waals surface area (Å²) in [5.74, 6) is -0.463. The topological polar surface area (TPSA) is 29.5 Å². The van der Waals surface area contributed by atoms with Gasteiger partial charge in [-0.05, 0) is 72.4 Å². The van der Waals surface area contributed by atoms with Gasteiger partial charge in [-0.15, -0.1) is 0 Å². The van der Waals surface area contributed by atoms with Crippen molar-refractivity contribution in [2.75, 3.05) is 6.61 Å². The second-order valence-electron chi connectivity index (χ2n) is 10.1. The van der Waals surface area contributed by atoms with Crippen molar-refractivity contribution < 1.29 is 13.6 Å². The van der Waals surface area contributed by atoms with Crippen LogP contribution in [0.4, 0.5) is 4.39 Å². The first kappa shape index (κ1) is 25.4. The van der Waals surface area contributed by atoms with Gasteiger partial charge >= 0.3 is 0 Å². The van der Waals surface area contributed by atoms with Crippen molar-refractivity contribution in [2.24, 2.45) is 0 Å². The molecule has 0 N–H and O–H groups in total. The Kier molecular flexibility index (Phi) is 7.60. The van der Waals surface area contributed by atoms with Crippen molar-refractivity contribution in [3.8, 4) is 0 Å². The largest absolute Gasteiger partial charge is 0.415 e. The third-order valence-corrected chi connectivity index (χ3v) is 12.5. The van der Waals surface area contributed by atoms with Crippen molar-refractivity contribution in [2.45, 2.75) is 70.8 Å². The molecular formula is C25H32BrClFNO2Si. The minimum Gasteiger partial charge on any atom is -0.415 e. The lowest BCUT2D eigenvalue weighted by Crippen LogP contribution is -2.52. The Bertz CT molecular complexity index is 1010. The zero-order valence-electron chi connectivity index (χ0n) is 19.6. The van der Waals surface area contributed by atoms with Gasteiger partial charge in [0.2, 0.25) is 5.91 Å². The van der Waals surface area contributed by atoms with Crippen LogP contribution in [0.15, 0.2) is 40.9 Å². The first-order valence-electron chi connectivity index (χ1n) is 11.0. The van der Waals surface area contributed by atoms with Gasteiger partial charge in [0.15, 0.2) is 8.32 Å². The van der Waals surface area contributed by atoms with Gasteiger partial charge in [-0.2, -0.15) is 0 Å². The van der Waals surface area contributed by atoms with Crippen LogP contribution in [0.3, 0.4) is 0 Å². The maximum atomic E-state index is 13.8. The SMILES string of the molecule is C[C@H]1c2cccc(Br)c2C[C@H](CO[Si](C)(C)C(C)(C)C)N1C(=O)Cc1cc(F)ccc1Cl. The summed E-state index contributed by atoms with van der Waals surface area (Å²) in [6, 6.07) is 10.0. The normalized spacial score (nSPS) is 19.1. The molecule has 1 aliphatic rings. The second-order valence-corrected chi connectivity index (χ2v) is 16.2. The molecule has 0 unspecified atom stereocenters. The summed E-state index contributed by atoms with van der Waals surface area (Å²) in [6.45, 7) is 13.6. The van der Waals surface area contributed by atoms with E-state index in [1.54, 1.807) is 0 Å². The zero-order valence-corrected chi connectivity index (χ0v) is 23.0. The van der Waals surface area contributed by atoms with Gasteiger partial charge < -0.3 is 9.33 Å². The van der Waals surface area contributed by atoms with Crippen LogP contribution in [0, 0.1) is 5.82 Å². The number of benzene rings is 2. The average Bonchev–Trinajstić information content (AvgIpc) is 2.69. The van der Waals surface area contributed by atoms with Gasteiger partial charge in [-0.3, -0.25) is 4.79 Å². The highest BCUT2D eigenvalue weighted by Gasteiger charge is 2.41. The Hall–Kier alpha value is -1.21. The molecule has 3 rings (SSSR count). The van der Waals surface area contributed by atoms with Gasteiger partial charge in [0, 0.05) is 9.50 Å². The van der Waals surface area contributed by atoms with Crippen molar-refractivity contribution >= 4 is 41.8 Å². The van der Waals surface area contributed by atoms with Crippen LogP contribution in [0.25, 0.3) is 0 Å². The summed E-state index contributed by atoms with van der Waals surface area (Å²) < 4.78 is 21.4. The Morgan fingerprint density at radius 2 is 1.97 bits per heavy atom. The number of halogens is 3. The monoisotopic (exact) mass is 539 g/mol. The third-order valence-electron chi connectivity index (χ3n) is 6.94. The van der Waals surface area contributed by atoms with Crippen LogP contribution in [0.2, 0.25) is 23.2 Å². The Balaban J connectivity index is 1.93. The zero-order chi connectivity index (χ0) is 23.8. The van der Waals surface area contributed by atoms with Gasteiger partial charge in [0.05, 0.1) is 25.1 Å². The smallest absolute Gasteiger partial charge is 0.227 e. The highest BCUT2D eigenvalue weighted by atomic mass is 79.9. The van der Waals surface area contributed by atoms with E-state index >= 15 is 0 Å². The molecule has 0 fully saturated rings. The number of fused-ring (bicyclic) bond motifs is 1. The first-order valence-corrected chi connectivity index (χ1v) is 15.1. The molecule has 3 nitrogen and oxygen atoms in total. The van der Waals surface area contributed by atoms with Crippen LogP contribution in [-0.4, -0.2) is 31.8 Å². The molecule has 174 valence electrons. The van der Waals surface area contributed by atoms with Crippen molar-refractivity contribution in [3.63, 3.8) is 0 Å². The van der Waals surface area contributed by atoms with Gasteiger partial charge in [0.1, 0.15) is 5.82 Å². The minimum absolute atomic E-state index is 0.0564. The maximum Gasteiger partial charge on any atom is 0.227 e. The highest BCUT2D eigenvalue weighted by Crippen LogP contribution is 2.40. The minimum atomic E-state index is -1.99. The van der Waals surface area contributed by atoms with E-state index in [1.807, 2.05) is 17.0 Å². The standard InChI is InChI=1S/C25H32BrClFNO2Si/c1-16-20-8-7-9-22(26)21(20)14-19(15-31-32(5,6)25(2,3)4)29(16)24(30)13-17-12-18(28)10-11-23(17)27/h7-12,16,19H,13-15H2,1-6H3/t16-,19+/m0/s1. The molecule has 2 atom stereocenters. The fourth-order valence-electron chi connectivity index (χ4n) is 4.00. The summed E-state index contributed by atoms with van der Waals surface area (Å²) >= 11 is 9.96. The lowest BCUT2D eigenvalue weighted by Gasteiger charge is -2.44. The van der Waals surface area contributed by atoms with Crippen molar-refractivity contribution in [3.05, 3.63) is 68.4 Å². The molecule has 2 aromatic rings. The van der Waals surface area contributed by atoms with Gasteiger partial charge in [0.25, 0.3) is 0 Å². The number of hydrogen-bond acceptors (Lipinski definition) is 2. The second kappa shape index (κ2) is 9.57. The Morgan fingerprint density at radius 1 is 1.28 bits per heavy atom. The lowest BCUT2D eigenvalue weighted by atomic mass is 9.88. The Morgan fingerprint density at radius 3 is 2.62 bits per heavy atom. The maximum absolute atomic E-state index is 13.8. The predicted molar refractivity (Wildman–Crippen MR) is 135 cm³/mol. The van der Waals surface area contributed by atoms with Crippen LogP contribution < -0.4 is 0 Å². The van der Waals surface area contributed by atoms with Gasteiger partial charge in [-0.25, -0.2) is 4.39 Å². The molecule has 1 aliphatic heterocycles. The number of carbonyl (C=O) groups is 1. The van der Waals surface area contributed by atoms with E-state index in [4.69, 9.17) is 16.0 Å². The van der Waals surface area contributed by atoms with E-state index in [0.29, 0.717) is 23.6 Å². The number of carbonyl (C=O) groups excluding carboxylic acids is 1. The molecule has 32 heavy (non-hydrogen) atoms. The summed E-state index contributed by atoms with van der Waals surface area (Å²) in [4.78, 5) is 15.5. The molecule has 0 bridgehead atoms. The van der Waals surface area contributed by atoms with Gasteiger partial charge in [-0.1, -0.05) is 60.4 Å². The van der Waals surface area contributed by atoms with Crippen LogP contribution in [0.5, 0.6) is 0 Å². The summed E-state index contributed by atoms with van der Waals surface area (Å²) in [5, 5.41) is 0.483. The molecule has 0 spiro atoms. The lowest BCUT2D eigenvalue weighted by molar-refractivity contribution is -0.137. The van der Waals surface area contributed by atoms with E-state index in [-0.39, 0.29) is 29.4 Å². The third kappa shape index (κ3) is 5.30. The van der Waals surface area contributed by atoms with Crippen molar-refractivity contribution in [1.29, 1.82) is 0 Å². The fourth-order valence-corrected chi connectivity index (χ4v) is 5.76. The molecule has 0 saturated carbocycles. The van der Waals surface area contributed by atoms with E-state index < -0.39 is 14.1 Å². The average molecular weight is 541 g/mol. The van der Waals surface area contributed by atoms with Crippen LogP contribution in [-0.2, 0) is 22.1 Å². The van der Waals surface area contributed by atoms with E-state index in [1.165, 1.54) is 23.8 Å². The molecule has 0 saturated heterocycles. The molecule has 7 heteroatoms. The molecule has 0 aliphatic carbocycles. The summed E-state index contributed by atoms with van der Waals surface area (Å²) in [5.41, 5.74) is 2.85. The summed E-state index contributed by atoms with van der Waals surface area (Å²) in [6.07, 6.45) is 0.763. The van der Waals surface area contributed by atoms with Crippen LogP contribution >= 0.6 is 27.5 Å². The number of amides is 1. The van der Waals surface area contributed by atoms with Crippen LogP contribution in [0.1, 0.15) is 50.4 Å².